The van der Waals surface area contributed by atoms with Crippen LogP contribution in [0.5, 0.6) is 11.5 Å². The highest BCUT2D eigenvalue weighted by Crippen LogP contribution is 2.36. The van der Waals surface area contributed by atoms with Crippen LogP contribution in [0, 0.1) is 0 Å². The van der Waals surface area contributed by atoms with Crippen LogP contribution in [0.4, 0.5) is 5.69 Å². The highest BCUT2D eigenvalue weighted by atomic mass is 35.5. The molecule has 0 unspecified atom stereocenters. The van der Waals surface area contributed by atoms with Gasteiger partial charge in [0, 0.05) is 29.2 Å². The number of benzene rings is 2. The molecule has 0 aromatic heterocycles. The summed E-state index contributed by atoms with van der Waals surface area (Å²) in [6, 6.07) is 10.4. The van der Waals surface area contributed by atoms with Crippen molar-refractivity contribution in [1.29, 1.82) is 0 Å². The first kappa shape index (κ1) is 13.3. The van der Waals surface area contributed by atoms with Crippen LogP contribution in [0.1, 0.15) is 0 Å². The van der Waals surface area contributed by atoms with Crippen molar-refractivity contribution in [2.75, 3.05) is 12.4 Å². The van der Waals surface area contributed by atoms with E-state index in [1.807, 2.05) is 6.07 Å². The van der Waals surface area contributed by atoms with Gasteiger partial charge in [0.2, 0.25) is 0 Å². The van der Waals surface area contributed by atoms with Gasteiger partial charge in [0.25, 0.3) is 0 Å². The maximum atomic E-state index is 6.04. The summed E-state index contributed by atoms with van der Waals surface area (Å²) < 4.78 is 5.73. The van der Waals surface area contributed by atoms with Gasteiger partial charge in [-0.3, -0.25) is 0 Å². The van der Waals surface area contributed by atoms with Crippen molar-refractivity contribution in [3.8, 4) is 11.5 Å². The Morgan fingerprint density at radius 3 is 2.17 bits per heavy atom. The molecule has 2 aromatic carbocycles. The Morgan fingerprint density at radius 2 is 1.50 bits per heavy atom. The SMILES string of the molecule is CNc1ccc(Cl)cc1Oc1cc(Cl)ccc1Cl. The first-order valence-electron chi connectivity index (χ1n) is 5.20. The lowest BCUT2D eigenvalue weighted by Crippen LogP contribution is -1.93. The molecule has 2 rings (SSSR count). The Hall–Kier alpha value is -1.09. The monoisotopic (exact) mass is 301 g/mol. The third-order valence-electron chi connectivity index (χ3n) is 2.33. The van der Waals surface area contributed by atoms with Crippen molar-refractivity contribution in [3.05, 3.63) is 51.5 Å². The predicted molar refractivity (Wildman–Crippen MR) is 77.5 cm³/mol. The molecule has 94 valence electrons. The van der Waals surface area contributed by atoms with Crippen LogP contribution in [-0.4, -0.2) is 7.05 Å². The first-order chi connectivity index (χ1) is 8.60. The fourth-order valence-electron chi connectivity index (χ4n) is 1.46. The lowest BCUT2D eigenvalue weighted by molar-refractivity contribution is 0.485. The Kier molecular flexibility index (Phi) is 4.23. The zero-order valence-corrected chi connectivity index (χ0v) is 11.8. The van der Waals surface area contributed by atoms with E-state index in [2.05, 4.69) is 5.32 Å². The largest absolute Gasteiger partial charge is 0.454 e. The lowest BCUT2D eigenvalue weighted by atomic mass is 10.3. The van der Waals surface area contributed by atoms with Gasteiger partial charge in [-0.05, 0) is 24.3 Å². The zero-order chi connectivity index (χ0) is 13.1. The molecule has 0 bridgehead atoms. The quantitative estimate of drug-likeness (QED) is 0.810. The van der Waals surface area contributed by atoms with Gasteiger partial charge in [0.1, 0.15) is 5.75 Å². The molecule has 1 N–H and O–H groups in total. The second-order valence-corrected chi connectivity index (χ2v) is 4.85. The van der Waals surface area contributed by atoms with Crippen LogP contribution in [0.3, 0.4) is 0 Å². The van der Waals surface area contributed by atoms with Crippen LogP contribution < -0.4 is 10.1 Å². The predicted octanol–water partition coefficient (Wildman–Crippen LogP) is 5.48. The molecule has 2 aromatic rings. The summed E-state index contributed by atoms with van der Waals surface area (Å²) in [4.78, 5) is 0. The van der Waals surface area contributed by atoms with Crippen molar-refractivity contribution in [3.63, 3.8) is 0 Å². The van der Waals surface area contributed by atoms with E-state index in [4.69, 9.17) is 39.5 Å². The third-order valence-corrected chi connectivity index (χ3v) is 3.11. The lowest BCUT2D eigenvalue weighted by Gasteiger charge is -2.12. The summed E-state index contributed by atoms with van der Waals surface area (Å²) in [6.45, 7) is 0. The summed E-state index contributed by atoms with van der Waals surface area (Å²) in [6.07, 6.45) is 0. The van der Waals surface area contributed by atoms with Gasteiger partial charge in [0.05, 0.1) is 10.7 Å². The number of rotatable bonds is 3. The fraction of sp³-hybridized carbons (Fsp3) is 0.0769. The van der Waals surface area contributed by atoms with E-state index in [1.54, 1.807) is 37.4 Å². The number of hydrogen-bond acceptors (Lipinski definition) is 2. The Balaban J connectivity index is 2.38. The van der Waals surface area contributed by atoms with E-state index in [0.29, 0.717) is 26.6 Å². The van der Waals surface area contributed by atoms with E-state index in [9.17, 15) is 0 Å². The van der Waals surface area contributed by atoms with Crippen molar-refractivity contribution in [2.45, 2.75) is 0 Å². The second kappa shape index (κ2) is 5.70. The number of anilines is 1. The van der Waals surface area contributed by atoms with Crippen LogP contribution in [0.2, 0.25) is 15.1 Å². The van der Waals surface area contributed by atoms with Crippen molar-refractivity contribution >= 4 is 40.5 Å². The zero-order valence-electron chi connectivity index (χ0n) is 9.51. The van der Waals surface area contributed by atoms with E-state index in [0.717, 1.165) is 5.69 Å². The Bertz CT molecular complexity index is 572. The van der Waals surface area contributed by atoms with Crippen LogP contribution in [0.25, 0.3) is 0 Å². The van der Waals surface area contributed by atoms with Gasteiger partial charge < -0.3 is 10.1 Å². The van der Waals surface area contributed by atoms with Gasteiger partial charge in [0.15, 0.2) is 5.75 Å². The molecule has 0 aliphatic heterocycles. The maximum Gasteiger partial charge on any atom is 0.152 e. The summed E-state index contributed by atoms with van der Waals surface area (Å²) in [5.41, 5.74) is 0.815. The molecule has 5 heteroatoms. The third kappa shape index (κ3) is 3.02. The van der Waals surface area contributed by atoms with Crippen LogP contribution in [0.15, 0.2) is 36.4 Å². The normalized spacial score (nSPS) is 10.2. The molecule has 0 fully saturated rings. The maximum absolute atomic E-state index is 6.04. The summed E-state index contributed by atoms with van der Waals surface area (Å²) in [5, 5.41) is 4.65. The molecule has 0 radical (unpaired) electrons. The highest BCUT2D eigenvalue weighted by Gasteiger charge is 2.08. The summed E-state index contributed by atoms with van der Waals surface area (Å²) >= 11 is 17.9. The Labute approximate surface area is 120 Å². The Morgan fingerprint density at radius 1 is 0.889 bits per heavy atom. The average Bonchev–Trinajstić information content (AvgIpc) is 2.34. The molecule has 0 aliphatic rings. The van der Waals surface area contributed by atoms with E-state index in [-0.39, 0.29) is 0 Å². The number of hydrogen-bond donors (Lipinski definition) is 1. The minimum absolute atomic E-state index is 0.487. The minimum atomic E-state index is 0.487. The highest BCUT2D eigenvalue weighted by molar-refractivity contribution is 6.34. The fourth-order valence-corrected chi connectivity index (χ4v) is 1.94. The van der Waals surface area contributed by atoms with Crippen molar-refractivity contribution in [2.24, 2.45) is 0 Å². The summed E-state index contributed by atoms with van der Waals surface area (Å²) in [7, 11) is 1.80. The minimum Gasteiger partial charge on any atom is -0.454 e. The van der Waals surface area contributed by atoms with Gasteiger partial charge in [-0.15, -0.1) is 0 Å². The standard InChI is InChI=1S/C13H10Cl3NO/c1-17-11-5-3-9(15)7-13(11)18-12-6-8(14)2-4-10(12)16/h2-7,17H,1H3. The molecule has 0 saturated carbocycles. The molecule has 18 heavy (non-hydrogen) atoms. The molecule has 0 amide bonds. The number of nitrogens with one attached hydrogen (secondary N) is 1. The van der Waals surface area contributed by atoms with Gasteiger partial charge >= 0.3 is 0 Å². The molecule has 0 saturated heterocycles. The van der Waals surface area contributed by atoms with Crippen LogP contribution >= 0.6 is 34.8 Å². The van der Waals surface area contributed by atoms with E-state index < -0.39 is 0 Å². The smallest absolute Gasteiger partial charge is 0.152 e. The molecule has 2 nitrogen and oxygen atoms in total. The molecular formula is C13H10Cl3NO. The second-order valence-electron chi connectivity index (χ2n) is 3.57. The van der Waals surface area contributed by atoms with Crippen LogP contribution in [-0.2, 0) is 0 Å². The molecule has 0 spiro atoms. The van der Waals surface area contributed by atoms with E-state index >= 15 is 0 Å². The van der Waals surface area contributed by atoms with Gasteiger partial charge in [-0.2, -0.15) is 0 Å². The molecule has 0 aliphatic carbocycles. The topological polar surface area (TPSA) is 21.3 Å². The first-order valence-corrected chi connectivity index (χ1v) is 6.34. The number of halogens is 3. The van der Waals surface area contributed by atoms with Crippen molar-refractivity contribution in [1.82, 2.24) is 0 Å². The summed E-state index contributed by atoms with van der Waals surface area (Å²) in [5.74, 6) is 1.08. The molecule has 0 atom stereocenters. The van der Waals surface area contributed by atoms with Gasteiger partial charge in [-0.25, -0.2) is 0 Å². The number of ether oxygens (including phenoxy) is 1. The van der Waals surface area contributed by atoms with Gasteiger partial charge in [-0.1, -0.05) is 34.8 Å². The average molecular weight is 303 g/mol. The molecule has 0 heterocycles. The van der Waals surface area contributed by atoms with E-state index in [1.165, 1.54) is 0 Å². The molecular weight excluding hydrogens is 293 g/mol. The van der Waals surface area contributed by atoms with Crippen molar-refractivity contribution < 1.29 is 4.74 Å².